The molecule has 5 heteroatoms. The van der Waals surface area contributed by atoms with Gasteiger partial charge < -0.3 is 5.73 Å². The van der Waals surface area contributed by atoms with E-state index in [2.05, 4.69) is 0 Å². The van der Waals surface area contributed by atoms with Crippen molar-refractivity contribution in [1.82, 2.24) is 0 Å². The molecule has 1 rings (SSSR count). The molecule has 3 nitrogen and oxygen atoms in total. The molecule has 0 amide bonds. The highest BCUT2D eigenvalue weighted by Gasteiger charge is 2.26. The van der Waals surface area contributed by atoms with Crippen LogP contribution in [0.2, 0.25) is 5.02 Å². The highest BCUT2D eigenvalue weighted by molar-refractivity contribution is 7.92. The van der Waals surface area contributed by atoms with E-state index in [1.807, 2.05) is 0 Å². The molecule has 0 aliphatic rings. The van der Waals surface area contributed by atoms with Crippen LogP contribution in [-0.4, -0.2) is 19.4 Å². The van der Waals surface area contributed by atoms with E-state index in [9.17, 15) is 8.42 Å². The monoisotopic (exact) mass is 261 g/mol. The molecule has 0 bridgehead atoms. The van der Waals surface area contributed by atoms with Crippen LogP contribution in [0.1, 0.15) is 25.5 Å². The van der Waals surface area contributed by atoms with E-state index < -0.39 is 21.1 Å². The van der Waals surface area contributed by atoms with Crippen molar-refractivity contribution >= 4 is 21.4 Å². The summed E-state index contributed by atoms with van der Waals surface area (Å²) in [4.78, 5) is 0. The molecule has 2 atom stereocenters. The van der Waals surface area contributed by atoms with Crippen LogP contribution in [0.5, 0.6) is 0 Å². The maximum Gasteiger partial charge on any atom is 0.154 e. The minimum Gasteiger partial charge on any atom is -0.323 e. The van der Waals surface area contributed by atoms with E-state index in [1.54, 1.807) is 38.1 Å². The molecule has 90 valence electrons. The molecule has 0 aliphatic heterocycles. The van der Waals surface area contributed by atoms with Crippen LogP contribution in [-0.2, 0) is 9.84 Å². The maximum atomic E-state index is 11.7. The van der Waals surface area contributed by atoms with Crippen molar-refractivity contribution in [1.29, 1.82) is 0 Å². The predicted octanol–water partition coefficient (Wildman–Crippen LogP) is 2.16. The smallest absolute Gasteiger partial charge is 0.154 e. The van der Waals surface area contributed by atoms with Gasteiger partial charge in [-0.3, -0.25) is 0 Å². The van der Waals surface area contributed by atoms with E-state index in [0.717, 1.165) is 5.56 Å². The molecular weight excluding hydrogens is 246 g/mol. The SMILES string of the molecule is CCS(=O)(=O)[C@@H](C)[C@H](N)c1ccc(Cl)cc1. The van der Waals surface area contributed by atoms with Gasteiger partial charge in [-0.2, -0.15) is 0 Å². The van der Waals surface area contributed by atoms with Crippen molar-refractivity contribution in [2.45, 2.75) is 25.1 Å². The molecule has 16 heavy (non-hydrogen) atoms. The first kappa shape index (κ1) is 13.5. The Morgan fingerprint density at radius 3 is 2.25 bits per heavy atom. The fraction of sp³-hybridized carbons (Fsp3) is 0.455. The molecule has 0 radical (unpaired) electrons. The van der Waals surface area contributed by atoms with Crippen molar-refractivity contribution in [2.24, 2.45) is 5.73 Å². The molecule has 1 aromatic carbocycles. The number of halogens is 1. The van der Waals surface area contributed by atoms with Crippen molar-refractivity contribution in [2.75, 3.05) is 5.75 Å². The van der Waals surface area contributed by atoms with Gasteiger partial charge in [0.2, 0.25) is 0 Å². The van der Waals surface area contributed by atoms with Gasteiger partial charge in [0, 0.05) is 16.8 Å². The summed E-state index contributed by atoms with van der Waals surface area (Å²) in [5, 5.41) is 0.0284. The largest absolute Gasteiger partial charge is 0.323 e. The zero-order valence-corrected chi connectivity index (χ0v) is 10.9. The molecular formula is C11H16ClNO2S. The van der Waals surface area contributed by atoms with E-state index in [1.165, 1.54) is 0 Å². The van der Waals surface area contributed by atoms with Crippen molar-refractivity contribution < 1.29 is 8.42 Å². The van der Waals surface area contributed by atoms with Gasteiger partial charge in [0.25, 0.3) is 0 Å². The lowest BCUT2D eigenvalue weighted by molar-refractivity contribution is 0.566. The van der Waals surface area contributed by atoms with Gasteiger partial charge in [-0.25, -0.2) is 8.42 Å². The van der Waals surface area contributed by atoms with Gasteiger partial charge in [-0.15, -0.1) is 0 Å². The average Bonchev–Trinajstić information content (AvgIpc) is 2.28. The Morgan fingerprint density at radius 1 is 1.31 bits per heavy atom. The van der Waals surface area contributed by atoms with Crippen molar-refractivity contribution in [3.63, 3.8) is 0 Å². The predicted molar refractivity (Wildman–Crippen MR) is 67.3 cm³/mol. The van der Waals surface area contributed by atoms with E-state index in [0.29, 0.717) is 5.02 Å². The summed E-state index contributed by atoms with van der Waals surface area (Å²) < 4.78 is 23.3. The maximum absolute atomic E-state index is 11.7. The Balaban J connectivity index is 2.94. The Kier molecular flexibility index (Phi) is 4.35. The van der Waals surface area contributed by atoms with Gasteiger partial charge in [0.05, 0.1) is 5.25 Å². The lowest BCUT2D eigenvalue weighted by Crippen LogP contribution is -2.32. The molecule has 0 aromatic heterocycles. The quantitative estimate of drug-likeness (QED) is 0.904. The molecule has 0 saturated heterocycles. The second-order valence-electron chi connectivity index (χ2n) is 3.73. The second kappa shape index (κ2) is 5.17. The fourth-order valence-electron chi connectivity index (χ4n) is 1.44. The van der Waals surface area contributed by atoms with Crippen LogP contribution in [0.25, 0.3) is 0 Å². The summed E-state index contributed by atoms with van der Waals surface area (Å²) in [6.07, 6.45) is 0. The summed E-state index contributed by atoms with van der Waals surface area (Å²) in [6, 6.07) is 6.43. The molecule has 2 N–H and O–H groups in total. The normalized spacial score (nSPS) is 15.8. The summed E-state index contributed by atoms with van der Waals surface area (Å²) >= 11 is 5.75. The first-order valence-electron chi connectivity index (χ1n) is 5.11. The number of rotatable bonds is 4. The van der Waals surface area contributed by atoms with Crippen LogP contribution < -0.4 is 5.73 Å². The number of hydrogen-bond donors (Lipinski definition) is 1. The Hall–Kier alpha value is -0.580. The standard InChI is InChI=1S/C11H16ClNO2S/c1-3-16(14,15)8(2)11(13)9-4-6-10(12)7-5-9/h4-8,11H,3,13H2,1-2H3/t8-,11-/m0/s1. The second-order valence-corrected chi connectivity index (χ2v) is 6.82. The molecule has 0 saturated carbocycles. The summed E-state index contributed by atoms with van der Waals surface area (Å²) in [5.74, 6) is 0.107. The first-order chi connectivity index (χ1) is 7.38. The zero-order valence-electron chi connectivity index (χ0n) is 9.35. The molecule has 1 aromatic rings. The third-order valence-corrected chi connectivity index (χ3v) is 5.21. The van der Waals surface area contributed by atoms with Gasteiger partial charge in [0.15, 0.2) is 9.84 Å². The van der Waals surface area contributed by atoms with Crippen molar-refractivity contribution in [3.8, 4) is 0 Å². The first-order valence-corrected chi connectivity index (χ1v) is 7.20. The van der Waals surface area contributed by atoms with Crippen LogP contribution in [0.3, 0.4) is 0 Å². The summed E-state index contributed by atoms with van der Waals surface area (Å²) in [6.45, 7) is 3.26. The van der Waals surface area contributed by atoms with Crippen LogP contribution in [0.15, 0.2) is 24.3 Å². The van der Waals surface area contributed by atoms with E-state index >= 15 is 0 Å². The molecule has 0 unspecified atom stereocenters. The highest BCUT2D eigenvalue weighted by Crippen LogP contribution is 2.21. The Labute approximate surface area is 102 Å². The Morgan fingerprint density at radius 2 is 1.81 bits per heavy atom. The van der Waals surface area contributed by atoms with Gasteiger partial charge in [0.1, 0.15) is 0 Å². The number of sulfone groups is 1. The van der Waals surface area contributed by atoms with Crippen LogP contribution in [0, 0.1) is 0 Å². The third kappa shape index (κ3) is 2.97. The van der Waals surface area contributed by atoms with Gasteiger partial charge >= 0.3 is 0 Å². The molecule has 0 fully saturated rings. The lowest BCUT2D eigenvalue weighted by atomic mass is 10.1. The summed E-state index contributed by atoms with van der Waals surface area (Å²) in [5.41, 5.74) is 6.71. The lowest BCUT2D eigenvalue weighted by Gasteiger charge is -2.19. The van der Waals surface area contributed by atoms with Gasteiger partial charge in [-0.05, 0) is 24.6 Å². The van der Waals surface area contributed by atoms with E-state index in [-0.39, 0.29) is 5.75 Å². The van der Waals surface area contributed by atoms with Gasteiger partial charge in [-0.1, -0.05) is 30.7 Å². The topological polar surface area (TPSA) is 60.2 Å². The average molecular weight is 262 g/mol. The van der Waals surface area contributed by atoms with Crippen LogP contribution in [0.4, 0.5) is 0 Å². The molecule has 0 aliphatic carbocycles. The highest BCUT2D eigenvalue weighted by atomic mass is 35.5. The number of benzene rings is 1. The minimum absolute atomic E-state index is 0.107. The van der Waals surface area contributed by atoms with Crippen LogP contribution >= 0.6 is 11.6 Å². The van der Waals surface area contributed by atoms with Crippen molar-refractivity contribution in [3.05, 3.63) is 34.9 Å². The minimum atomic E-state index is -3.11. The number of nitrogens with two attached hydrogens (primary N) is 1. The fourth-order valence-corrected chi connectivity index (χ4v) is 2.70. The zero-order chi connectivity index (χ0) is 12.3. The molecule has 0 spiro atoms. The number of hydrogen-bond acceptors (Lipinski definition) is 3. The Bertz CT molecular complexity index is 442. The summed E-state index contributed by atoms with van der Waals surface area (Å²) in [7, 11) is -3.11. The third-order valence-electron chi connectivity index (χ3n) is 2.73. The molecule has 0 heterocycles. The van der Waals surface area contributed by atoms with E-state index in [4.69, 9.17) is 17.3 Å².